The van der Waals surface area contributed by atoms with E-state index in [0.717, 1.165) is 22.6 Å². The Morgan fingerprint density at radius 1 is 1.41 bits per heavy atom. The first-order chi connectivity index (χ1) is 8.33. The second-order valence-electron chi connectivity index (χ2n) is 4.44. The molecule has 4 heteroatoms. The van der Waals surface area contributed by atoms with Crippen molar-refractivity contribution >= 4 is 22.9 Å². The summed E-state index contributed by atoms with van der Waals surface area (Å²) >= 11 is 7.61. The fourth-order valence-corrected chi connectivity index (χ4v) is 3.03. The van der Waals surface area contributed by atoms with Crippen LogP contribution in [0.2, 0.25) is 4.34 Å². The predicted molar refractivity (Wildman–Crippen MR) is 70.6 cm³/mol. The molecule has 0 radical (unpaired) electrons. The highest BCUT2D eigenvalue weighted by Crippen LogP contribution is 2.33. The summed E-state index contributed by atoms with van der Waals surface area (Å²) in [6, 6.07) is 8.09. The molecule has 2 heterocycles. The molecule has 1 saturated carbocycles. The van der Waals surface area contributed by atoms with E-state index in [2.05, 4.69) is 11.4 Å². The van der Waals surface area contributed by atoms with Gasteiger partial charge in [-0.2, -0.15) is 0 Å². The van der Waals surface area contributed by atoms with Gasteiger partial charge in [-0.05, 0) is 49.6 Å². The van der Waals surface area contributed by atoms with Gasteiger partial charge in [0, 0.05) is 4.88 Å². The number of furan rings is 1. The van der Waals surface area contributed by atoms with E-state index in [9.17, 15) is 0 Å². The minimum atomic E-state index is 0.142. The van der Waals surface area contributed by atoms with Crippen LogP contribution in [0.1, 0.15) is 29.5 Å². The van der Waals surface area contributed by atoms with Crippen LogP contribution < -0.4 is 5.32 Å². The van der Waals surface area contributed by atoms with Gasteiger partial charge in [0.15, 0.2) is 0 Å². The Labute approximate surface area is 110 Å². The van der Waals surface area contributed by atoms with Gasteiger partial charge < -0.3 is 9.73 Å². The summed E-state index contributed by atoms with van der Waals surface area (Å²) in [5, 5.41) is 3.57. The van der Waals surface area contributed by atoms with E-state index in [1.165, 1.54) is 17.7 Å². The first kappa shape index (κ1) is 11.3. The van der Waals surface area contributed by atoms with E-state index in [0.29, 0.717) is 0 Å². The molecule has 90 valence electrons. The molecule has 0 aromatic carbocycles. The maximum Gasteiger partial charge on any atom is 0.126 e. The summed E-state index contributed by atoms with van der Waals surface area (Å²) in [4.78, 5) is 1.21. The Kier molecular flexibility index (Phi) is 3.23. The molecule has 0 saturated heterocycles. The zero-order chi connectivity index (χ0) is 11.7. The second kappa shape index (κ2) is 4.84. The Morgan fingerprint density at radius 3 is 2.88 bits per heavy atom. The molecule has 1 N–H and O–H groups in total. The monoisotopic (exact) mass is 267 g/mol. The lowest BCUT2D eigenvalue weighted by Gasteiger charge is -2.14. The molecule has 3 rings (SSSR count). The smallest absolute Gasteiger partial charge is 0.126 e. The number of halogens is 1. The van der Waals surface area contributed by atoms with Gasteiger partial charge >= 0.3 is 0 Å². The SMILES string of the molecule is Clc1ccc(C(NCC2CC2)c2ccco2)s1. The number of nitrogens with one attached hydrogen (secondary N) is 1. The normalized spacial score (nSPS) is 17.2. The Balaban J connectivity index is 1.79. The van der Waals surface area contributed by atoms with Gasteiger partial charge in [-0.25, -0.2) is 0 Å². The second-order valence-corrected chi connectivity index (χ2v) is 6.19. The number of thiophene rings is 1. The van der Waals surface area contributed by atoms with Gasteiger partial charge in [0.25, 0.3) is 0 Å². The van der Waals surface area contributed by atoms with E-state index in [1.807, 2.05) is 18.2 Å². The van der Waals surface area contributed by atoms with Crippen molar-refractivity contribution in [3.05, 3.63) is 45.5 Å². The molecule has 1 unspecified atom stereocenters. The lowest BCUT2D eigenvalue weighted by molar-refractivity contribution is 0.444. The van der Waals surface area contributed by atoms with Crippen molar-refractivity contribution in [2.24, 2.45) is 5.92 Å². The molecule has 1 atom stereocenters. The fourth-order valence-electron chi connectivity index (χ4n) is 1.89. The van der Waals surface area contributed by atoms with Gasteiger partial charge in [-0.3, -0.25) is 0 Å². The molecule has 2 aromatic heterocycles. The zero-order valence-corrected chi connectivity index (χ0v) is 10.9. The van der Waals surface area contributed by atoms with Crippen molar-refractivity contribution in [1.82, 2.24) is 5.32 Å². The molecule has 17 heavy (non-hydrogen) atoms. The Morgan fingerprint density at radius 2 is 2.29 bits per heavy atom. The third-order valence-corrected chi connectivity index (χ3v) is 4.31. The number of rotatable bonds is 5. The zero-order valence-electron chi connectivity index (χ0n) is 9.36. The Bertz CT molecular complexity index is 475. The van der Waals surface area contributed by atoms with Crippen LogP contribution in [0.5, 0.6) is 0 Å². The lowest BCUT2D eigenvalue weighted by Crippen LogP contribution is -2.23. The van der Waals surface area contributed by atoms with Crippen molar-refractivity contribution in [3.8, 4) is 0 Å². The summed E-state index contributed by atoms with van der Waals surface area (Å²) in [6.07, 6.45) is 4.42. The van der Waals surface area contributed by atoms with Crippen molar-refractivity contribution in [2.45, 2.75) is 18.9 Å². The van der Waals surface area contributed by atoms with Crippen molar-refractivity contribution in [1.29, 1.82) is 0 Å². The fraction of sp³-hybridized carbons (Fsp3) is 0.385. The molecular weight excluding hydrogens is 254 g/mol. The highest BCUT2D eigenvalue weighted by molar-refractivity contribution is 7.16. The predicted octanol–water partition coefficient (Wildman–Crippen LogP) is 4.08. The highest BCUT2D eigenvalue weighted by atomic mass is 35.5. The van der Waals surface area contributed by atoms with E-state index in [1.54, 1.807) is 17.6 Å². The lowest BCUT2D eigenvalue weighted by atomic mass is 10.2. The number of hydrogen-bond donors (Lipinski definition) is 1. The van der Waals surface area contributed by atoms with Crippen LogP contribution in [0.15, 0.2) is 34.9 Å². The van der Waals surface area contributed by atoms with E-state index in [-0.39, 0.29) is 6.04 Å². The van der Waals surface area contributed by atoms with Crippen LogP contribution in [0.4, 0.5) is 0 Å². The minimum Gasteiger partial charge on any atom is -0.467 e. The van der Waals surface area contributed by atoms with Gasteiger partial charge in [0.2, 0.25) is 0 Å². The first-order valence-corrected chi connectivity index (χ1v) is 7.04. The average Bonchev–Trinajstić information content (AvgIpc) is 2.81. The van der Waals surface area contributed by atoms with E-state index >= 15 is 0 Å². The molecule has 0 bridgehead atoms. The maximum absolute atomic E-state index is 6.00. The van der Waals surface area contributed by atoms with Crippen LogP contribution in [0.25, 0.3) is 0 Å². The first-order valence-electron chi connectivity index (χ1n) is 5.85. The largest absolute Gasteiger partial charge is 0.467 e. The topological polar surface area (TPSA) is 25.2 Å². The third kappa shape index (κ3) is 2.73. The Hall–Kier alpha value is -0.770. The molecule has 0 spiro atoms. The number of hydrogen-bond acceptors (Lipinski definition) is 3. The molecular formula is C13H14ClNOS. The summed E-state index contributed by atoms with van der Waals surface area (Å²) < 4.78 is 6.34. The maximum atomic E-state index is 6.00. The van der Waals surface area contributed by atoms with Crippen LogP contribution in [0, 0.1) is 5.92 Å². The van der Waals surface area contributed by atoms with Crippen molar-refractivity contribution in [2.75, 3.05) is 6.54 Å². The van der Waals surface area contributed by atoms with E-state index in [4.69, 9.17) is 16.0 Å². The van der Waals surface area contributed by atoms with Gasteiger partial charge in [-0.1, -0.05) is 11.6 Å². The standard InChI is InChI=1S/C13H14ClNOS/c14-12-6-5-11(17-12)13(10-2-1-7-16-10)15-8-9-3-4-9/h1-2,5-7,9,13,15H,3-4,8H2. The van der Waals surface area contributed by atoms with Gasteiger partial charge in [-0.15, -0.1) is 11.3 Å². The van der Waals surface area contributed by atoms with Crippen LogP contribution >= 0.6 is 22.9 Å². The molecule has 0 aliphatic heterocycles. The molecule has 1 fully saturated rings. The van der Waals surface area contributed by atoms with Crippen LogP contribution in [0.3, 0.4) is 0 Å². The van der Waals surface area contributed by atoms with Gasteiger partial charge in [0.1, 0.15) is 11.8 Å². The molecule has 1 aliphatic rings. The molecule has 1 aliphatic carbocycles. The average molecular weight is 268 g/mol. The van der Waals surface area contributed by atoms with Crippen LogP contribution in [-0.2, 0) is 0 Å². The highest BCUT2D eigenvalue weighted by Gasteiger charge is 2.25. The van der Waals surface area contributed by atoms with Gasteiger partial charge in [0.05, 0.1) is 10.6 Å². The van der Waals surface area contributed by atoms with Crippen molar-refractivity contribution < 1.29 is 4.42 Å². The summed E-state index contributed by atoms with van der Waals surface area (Å²) in [5.74, 6) is 1.81. The quantitative estimate of drug-likeness (QED) is 0.883. The van der Waals surface area contributed by atoms with E-state index < -0.39 is 0 Å². The third-order valence-electron chi connectivity index (χ3n) is 3.01. The molecule has 0 amide bonds. The minimum absolute atomic E-state index is 0.142. The van der Waals surface area contributed by atoms with Crippen molar-refractivity contribution in [3.63, 3.8) is 0 Å². The summed E-state index contributed by atoms with van der Waals surface area (Å²) in [6.45, 7) is 1.06. The molecule has 2 nitrogen and oxygen atoms in total. The summed E-state index contributed by atoms with van der Waals surface area (Å²) in [7, 11) is 0. The summed E-state index contributed by atoms with van der Waals surface area (Å²) in [5.41, 5.74) is 0. The van der Waals surface area contributed by atoms with Crippen LogP contribution in [-0.4, -0.2) is 6.54 Å². The molecule has 2 aromatic rings.